The maximum absolute atomic E-state index is 6.70. The second kappa shape index (κ2) is 5.89. The summed E-state index contributed by atoms with van der Waals surface area (Å²) >= 11 is 0. The molecule has 1 aromatic carbocycles. The van der Waals surface area contributed by atoms with Crippen LogP contribution in [0.3, 0.4) is 0 Å². The van der Waals surface area contributed by atoms with Gasteiger partial charge in [0, 0.05) is 6.04 Å². The molecule has 1 saturated carbocycles. The lowest BCUT2D eigenvalue weighted by molar-refractivity contribution is 0.158. The standard InChI is InChI=1S/C19H29N/c1-13-9-14(2)11-18(10-13)19(20)17-8-7-15-5-3-4-6-16(15)12-17/h3-6,13-14,17-19H,7-12,20H2,1-2H3. The summed E-state index contributed by atoms with van der Waals surface area (Å²) in [6, 6.07) is 9.36. The summed E-state index contributed by atoms with van der Waals surface area (Å²) in [5, 5.41) is 0. The number of benzene rings is 1. The van der Waals surface area contributed by atoms with E-state index in [4.69, 9.17) is 5.73 Å². The molecule has 110 valence electrons. The summed E-state index contributed by atoms with van der Waals surface area (Å²) in [6.07, 6.45) is 7.82. The van der Waals surface area contributed by atoms with Gasteiger partial charge in [-0.05, 0) is 73.3 Å². The normalized spacial score (nSPS) is 35.4. The zero-order chi connectivity index (χ0) is 14.1. The Morgan fingerprint density at radius 2 is 1.60 bits per heavy atom. The molecule has 2 aliphatic rings. The van der Waals surface area contributed by atoms with Crippen LogP contribution < -0.4 is 5.73 Å². The highest BCUT2D eigenvalue weighted by molar-refractivity contribution is 5.30. The molecule has 4 atom stereocenters. The monoisotopic (exact) mass is 271 g/mol. The third-order valence-electron chi connectivity index (χ3n) is 5.69. The fraction of sp³-hybridized carbons (Fsp3) is 0.684. The lowest BCUT2D eigenvalue weighted by Gasteiger charge is -2.39. The van der Waals surface area contributed by atoms with Gasteiger partial charge in [-0.15, -0.1) is 0 Å². The van der Waals surface area contributed by atoms with Crippen LogP contribution in [0.2, 0.25) is 0 Å². The Morgan fingerprint density at radius 3 is 2.30 bits per heavy atom. The molecule has 0 saturated heterocycles. The number of aryl methyl sites for hydroxylation is 1. The molecule has 0 aliphatic heterocycles. The van der Waals surface area contributed by atoms with Gasteiger partial charge in [-0.25, -0.2) is 0 Å². The van der Waals surface area contributed by atoms with E-state index in [-0.39, 0.29) is 0 Å². The molecular weight excluding hydrogens is 242 g/mol. The van der Waals surface area contributed by atoms with Gasteiger partial charge in [-0.1, -0.05) is 38.1 Å². The van der Waals surface area contributed by atoms with E-state index < -0.39 is 0 Å². The van der Waals surface area contributed by atoms with Crippen molar-refractivity contribution in [2.75, 3.05) is 0 Å². The quantitative estimate of drug-likeness (QED) is 0.857. The van der Waals surface area contributed by atoms with Gasteiger partial charge in [0.15, 0.2) is 0 Å². The number of nitrogens with two attached hydrogens (primary N) is 1. The SMILES string of the molecule is CC1CC(C)CC(C(N)C2CCc3ccccc3C2)C1. The average Bonchev–Trinajstić information content (AvgIpc) is 2.45. The second-order valence-corrected chi connectivity index (χ2v) is 7.53. The summed E-state index contributed by atoms with van der Waals surface area (Å²) < 4.78 is 0. The first-order valence-corrected chi connectivity index (χ1v) is 8.46. The third kappa shape index (κ3) is 2.93. The third-order valence-corrected chi connectivity index (χ3v) is 5.69. The molecule has 0 heterocycles. The predicted octanol–water partition coefficient (Wildman–Crippen LogP) is 4.19. The first-order valence-electron chi connectivity index (χ1n) is 8.46. The van der Waals surface area contributed by atoms with Gasteiger partial charge in [0.1, 0.15) is 0 Å². The van der Waals surface area contributed by atoms with Gasteiger partial charge in [-0.3, -0.25) is 0 Å². The van der Waals surface area contributed by atoms with Gasteiger partial charge in [0.2, 0.25) is 0 Å². The van der Waals surface area contributed by atoms with Crippen LogP contribution in [-0.2, 0) is 12.8 Å². The van der Waals surface area contributed by atoms with Crippen molar-refractivity contribution in [2.45, 2.75) is 58.4 Å². The Kier molecular flexibility index (Phi) is 4.16. The average molecular weight is 271 g/mol. The van der Waals surface area contributed by atoms with Gasteiger partial charge >= 0.3 is 0 Å². The Balaban J connectivity index is 1.68. The van der Waals surface area contributed by atoms with E-state index in [1.807, 2.05) is 0 Å². The predicted molar refractivity (Wildman–Crippen MR) is 85.6 cm³/mol. The minimum atomic E-state index is 0.411. The molecule has 2 aliphatic carbocycles. The van der Waals surface area contributed by atoms with Crippen LogP contribution in [0.1, 0.15) is 50.7 Å². The second-order valence-electron chi connectivity index (χ2n) is 7.53. The number of hydrogen-bond donors (Lipinski definition) is 1. The highest BCUT2D eigenvalue weighted by Gasteiger charge is 2.33. The molecule has 4 unspecified atom stereocenters. The van der Waals surface area contributed by atoms with Crippen LogP contribution >= 0.6 is 0 Å². The topological polar surface area (TPSA) is 26.0 Å². The molecule has 2 N–H and O–H groups in total. The summed E-state index contributed by atoms with van der Waals surface area (Å²) in [5.74, 6) is 3.19. The summed E-state index contributed by atoms with van der Waals surface area (Å²) in [7, 11) is 0. The molecule has 0 spiro atoms. The van der Waals surface area contributed by atoms with Crippen LogP contribution in [0.15, 0.2) is 24.3 Å². The summed E-state index contributed by atoms with van der Waals surface area (Å²) in [6.45, 7) is 4.82. The van der Waals surface area contributed by atoms with Crippen molar-refractivity contribution in [1.82, 2.24) is 0 Å². The molecule has 1 heteroatoms. The van der Waals surface area contributed by atoms with E-state index in [2.05, 4.69) is 38.1 Å². The summed E-state index contributed by atoms with van der Waals surface area (Å²) in [4.78, 5) is 0. The summed E-state index contributed by atoms with van der Waals surface area (Å²) in [5.41, 5.74) is 9.81. The van der Waals surface area contributed by atoms with Crippen molar-refractivity contribution in [3.8, 4) is 0 Å². The lowest BCUT2D eigenvalue weighted by atomic mass is 9.68. The van der Waals surface area contributed by atoms with Crippen LogP contribution in [0, 0.1) is 23.7 Å². The van der Waals surface area contributed by atoms with Crippen LogP contribution in [0.5, 0.6) is 0 Å². The van der Waals surface area contributed by atoms with Crippen LogP contribution in [0.25, 0.3) is 0 Å². The smallest absolute Gasteiger partial charge is 0.00991 e. The lowest BCUT2D eigenvalue weighted by Crippen LogP contribution is -2.43. The van der Waals surface area contributed by atoms with Crippen molar-refractivity contribution in [1.29, 1.82) is 0 Å². The molecule has 1 aromatic rings. The Labute approximate surface area is 124 Å². The number of hydrogen-bond acceptors (Lipinski definition) is 1. The molecule has 0 amide bonds. The van der Waals surface area contributed by atoms with Gasteiger partial charge in [0.05, 0.1) is 0 Å². The molecule has 0 bridgehead atoms. The Morgan fingerprint density at radius 1 is 0.950 bits per heavy atom. The zero-order valence-corrected chi connectivity index (χ0v) is 13.0. The van der Waals surface area contributed by atoms with Gasteiger partial charge in [-0.2, -0.15) is 0 Å². The first-order chi connectivity index (χ1) is 9.63. The van der Waals surface area contributed by atoms with Crippen molar-refractivity contribution < 1.29 is 0 Å². The molecular formula is C19H29N. The Bertz CT molecular complexity index is 443. The van der Waals surface area contributed by atoms with Gasteiger partial charge in [0.25, 0.3) is 0 Å². The minimum absolute atomic E-state index is 0.411. The largest absolute Gasteiger partial charge is 0.327 e. The molecule has 3 rings (SSSR count). The van der Waals surface area contributed by atoms with E-state index in [9.17, 15) is 0 Å². The maximum Gasteiger partial charge on any atom is 0.00991 e. The molecule has 1 nitrogen and oxygen atoms in total. The minimum Gasteiger partial charge on any atom is -0.327 e. The van der Waals surface area contributed by atoms with Gasteiger partial charge < -0.3 is 5.73 Å². The zero-order valence-electron chi connectivity index (χ0n) is 13.0. The molecule has 1 fully saturated rings. The highest BCUT2D eigenvalue weighted by atomic mass is 14.7. The molecule has 20 heavy (non-hydrogen) atoms. The molecule has 0 radical (unpaired) electrons. The van der Waals surface area contributed by atoms with Crippen molar-refractivity contribution in [2.24, 2.45) is 29.4 Å². The van der Waals surface area contributed by atoms with Crippen molar-refractivity contribution >= 4 is 0 Å². The Hall–Kier alpha value is -0.820. The number of rotatable bonds is 2. The maximum atomic E-state index is 6.70. The van der Waals surface area contributed by atoms with Crippen LogP contribution in [-0.4, -0.2) is 6.04 Å². The van der Waals surface area contributed by atoms with E-state index in [0.717, 1.165) is 17.8 Å². The molecule has 0 aromatic heterocycles. The van der Waals surface area contributed by atoms with Crippen molar-refractivity contribution in [3.05, 3.63) is 35.4 Å². The van der Waals surface area contributed by atoms with Crippen molar-refractivity contribution in [3.63, 3.8) is 0 Å². The number of fused-ring (bicyclic) bond motifs is 1. The van der Waals surface area contributed by atoms with E-state index in [1.165, 1.54) is 38.5 Å². The fourth-order valence-corrected chi connectivity index (χ4v) is 4.76. The fourth-order valence-electron chi connectivity index (χ4n) is 4.76. The van der Waals surface area contributed by atoms with E-state index in [0.29, 0.717) is 12.0 Å². The van der Waals surface area contributed by atoms with E-state index >= 15 is 0 Å². The highest BCUT2D eigenvalue weighted by Crippen LogP contribution is 2.38. The van der Waals surface area contributed by atoms with Crippen LogP contribution in [0.4, 0.5) is 0 Å². The first kappa shape index (κ1) is 14.1. The van der Waals surface area contributed by atoms with E-state index in [1.54, 1.807) is 11.1 Å².